The molecule has 0 aliphatic carbocycles. The van der Waals surface area contributed by atoms with Gasteiger partial charge in [0.25, 0.3) is 0 Å². The molecule has 1 aliphatic rings. The van der Waals surface area contributed by atoms with Crippen molar-refractivity contribution in [2.24, 2.45) is 5.41 Å². The first-order valence-electron chi connectivity index (χ1n) is 6.24. The molecule has 2 rings (SSSR count). The van der Waals surface area contributed by atoms with Gasteiger partial charge < -0.3 is 20.1 Å². The van der Waals surface area contributed by atoms with Gasteiger partial charge in [-0.25, -0.2) is 9.78 Å². The van der Waals surface area contributed by atoms with Gasteiger partial charge in [0, 0.05) is 31.0 Å². The summed E-state index contributed by atoms with van der Waals surface area (Å²) >= 11 is 0. The maximum Gasteiger partial charge on any atom is 0.321 e. The fraction of sp³-hybridized carbons (Fsp3) is 0.462. The van der Waals surface area contributed by atoms with Gasteiger partial charge in [-0.1, -0.05) is 0 Å². The molecule has 1 unspecified atom stereocenters. The fourth-order valence-corrected chi connectivity index (χ4v) is 2.11. The number of rotatable bonds is 3. The third-order valence-electron chi connectivity index (χ3n) is 3.47. The van der Waals surface area contributed by atoms with Gasteiger partial charge in [0.05, 0.1) is 12.5 Å². The lowest BCUT2D eigenvalue weighted by atomic mass is 9.90. The summed E-state index contributed by atoms with van der Waals surface area (Å²) in [6.07, 6.45) is 1.98. The number of amides is 2. The Hall–Kier alpha value is -2.31. The highest BCUT2D eigenvalue weighted by Gasteiger charge is 2.42. The van der Waals surface area contributed by atoms with Crippen molar-refractivity contribution in [2.75, 3.05) is 25.5 Å². The molecule has 0 bridgehead atoms. The molecule has 0 aromatic carbocycles. The number of aromatic nitrogens is 1. The average Bonchev–Trinajstić information content (AvgIpc) is 2.83. The summed E-state index contributed by atoms with van der Waals surface area (Å²) < 4.78 is 4.97. The third kappa shape index (κ3) is 2.81. The van der Waals surface area contributed by atoms with E-state index in [1.165, 1.54) is 18.2 Å². The van der Waals surface area contributed by atoms with E-state index >= 15 is 0 Å². The summed E-state index contributed by atoms with van der Waals surface area (Å²) in [6.45, 7) is 2.28. The van der Waals surface area contributed by atoms with E-state index in [1.54, 1.807) is 19.1 Å². The number of carbonyl (C=O) groups is 2. The Morgan fingerprint density at radius 3 is 2.90 bits per heavy atom. The highest BCUT2D eigenvalue weighted by molar-refractivity contribution is 5.90. The predicted octanol–water partition coefficient (Wildman–Crippen LogP) is 1.42. The van der Waals surface area contributed by atoms with Crippen molar-refractivity contribution in [3.8, 4) is 5.88 Å². The molecule has 108 valence electrons. The van der Waals surface area contributed by atoms with Crippen LogP contribution in [0.3, 0.4) is 0 Å². The van der Waals surface area contributed by atoms with Crippen molar-refractivity contribution in [1.29, 1.82) is 0 Å². The molecule has 2 heterocycles. The standard InChI is InChI=1S/C13H17N3O4/c1-13(11(17)18)4-6-16(8-13)12(19)15-9-3-5-14-10(7-9)20-2/h3,5,7H,4,6,8H2,1-2H3,(H,17,18)(H,14,15,19). The van der Waals surface area contributed by atoms with Crippen molar-refractivity contribution in [3.05, 3.63) is 18.3 Å². The second-order valence-electron chi connectivity index (χ2n) is 5.05. The highest BCUT2D eigenvalue weighted by Crippen LogP contribution is 2.30. The highest BCUT2D eigenvalue weighted by atomic mass is 16.5. The van der Waals surface area contributed by atoms with Gasteiger partial charge in [-0.3, -0.25) is 4.79 Å². The summed E-state index contributed by atoms with van der Waals surface area (Å²) in [5, 5.41) is 11.9. The van der Waals surface area contributed by atoms with Crippen molar-refractivity contribution in [3.63, 3.8) is 0 Å². The monoisotopic (exact) mass is 279 g/mol. The number of carboxylic acids is 1. The molecule has 7 nitrogen and oxygen atoms in total. The van der Waals surface area contributed by atoms with E-state index in [1.807, 2.05) is 0 Å². The Kier molecular flexibility index (Phi) is 3.78. The number of carbonyl (C=O) groups excluding carboxylic acids is 1. The Morgan fingerprint density at radius 1 is 1.55 bits per heavy atom. The van der Waals surface area contributed by atoms with Gasteiger partial charge in [-0.05, 0) is 19.4 Å². The molecule has 1 atom stereocenters. The predicted molar refractivity (Wildman–Crippen MR) is 71.7 cm³/mol. The van der Waals surface area contributed by atoms with Crippen LogP contribution in [0.1, 0.15) is 13.3 Å². The first kappa shape index (κ1) is 14.1. The number of ether oxygens (including phenoxy) is 1. The van der Waals surface area contributed by atoms with Crippen molar-refractivity contribution in [2.45, 2.75) is 13.3 Å². The number of aliphatic carboxylic acids is 1. The van der Waals surface area contributed by atoms with Crippen LogP contribution >= 0.6 is 0 Å². The number of methoxy groups -OCH3 is 1. The topological polar surface area (TPSA) is 91.8 Å². The number of pyridine rings is 1. The lowest BCUT2D eigenvalue weighted by molar-refractivity contribution is -0.146. The second kappa shape index (κ2) is 5.36. The number of hydrogen-bond acceptors (Lipinski definition) is 4. The van der Waals surface area contributed by atoms with Gasteiger partial charge in [-0.2, -0.15) is 0 Å². The van der Waals surface area contributed by atoms with Gasteiger partial charge >= 0.3 is 12.0 Å². The van der Waals surface area contributed by atoms with E-state index in [9.17, 15) is 9.59 Å². The molecule has 2 N–H and O–H groups in total. The minimum atomic E-state index is -0.876. The maximum atomic E-state index is 12.1. The van der Waals surface area contributed by atoms with E-state index in [0.717, 1.165) is 0 Å². The summed E-state index contributed by atoms with van der Waals surface area (Å²) in [6, 6.07) is 2.93. The lowest BCUT2D eigenvalue weighted by Crippen LogP contribution is -2.37. The fourth-order valence-electron chi connectivity index (χ4n) is 2.11. The molecule has 1 fully saturated rings. The largest absolute Gasteiger partial charge is 0.481 e. The van der Waals surface area contributed by atoms with Crippen LogP contribution in [0.2, 0.25) is 0 Å². The number of anilines is 1. The van der Waals surface area contributed by atoms with Crippen LogP contribution in [0, 0.1) is 5.41 Å². The number of urea groups is 1. The minimum Gasteiger partial charge on any atom is -0.481 e. The SMILES string of the molecule is COc1cc(NC(=O)N2CCC(C)(C(=O)O)C2)ccn1. The summed E-state index contributed by atoms with van der Waals surface area (Å²) in [5.41, 5.74) is -0.307. The molecule has 0 radical (unpaired) electrons. The van der Waals surface area contributed by atoms with Crippen molar-refractivity contribution in [1.82, 2.24) is 9.88 Å². The summed E-state index contributed by atoms with van der Waals surface area (Å²) in [4.78, 5) is 28.7. The van der Waals surface area contributed by atoms with Crippen LogP contribution in [-0.2, 0) is 4.79 Å². The van der Waals surface area contributed by atoms with E-state index in [2.05, 4.69) is 10.3 Å². The zero-order valence-corrected chi connectivity index (χ0v) is 11.4. The van der Waals surface area contributed by atoms with Crippen LogP contribution in [0.25, 0.3) is 0 Å². The molecular formula is C13H17N3O4. The van der Waals surface area contributed by atoms with E-state index in [4.69, 9.17) is 9.84 Å². The summed E-state index contributed by atoms with van der Waals surface area (Å²) in [5.74, 6) is -0.474. The van der Waals surface area contributed by atoms with Gasteiger partial charge in [0.1, 0.15) is 0 Å². The van der Waals surface area contributed by atoms with Crippen LogP contribution in [-0.4, -0.2) is 47.2 Å². The van der Waals surface area contributed by atoms with Crippen LogP contribution < -0.4 is 10.1 Å². The molecule has 2 amide bonds. The van der Waals surface area contributed by atoms with Gasteiger partial charge in [-0.15, -0.1) is 0 Å². The number of carboxylic acid groups (broad SMARTS) is 1. The molecule has 1 saturated heterocycles. The van der Waals surface area contributed by atoms with Crippen LogP contribution in [0.4, 0.5) is 10.5 Å². The smallest absolute Gasteiger partial charge is 0.321 e. The Labute approximate surface area is 116 Å². The number of likely N-dealkylation sites (tertiary alicyclic amines) is 1. The zero-order valence-electron chi connectivity index (χ0n) is 11.4. The molecule has 20 heavy (non-hydrogen) atoms. The van der Waals surface area contributed by atoms with Crippen molar-refractivity contribution >= 4 is 17.7 Å². The second-order valence-corrected chi connectivity index (χ2v) is 5.05. The molecule has 0 spiro atoms. The van der Waals surface area contributed by atoms with E-state index < -0.39 is 11.4 Å². The average molecular weight is 279 g/mol. The first-order valence-corrected chi connectivity index (χ1v) is 6.24. The van der Waals surface area contributed by atoms with Gasteiger partial charge in [0.2, 0.25) is 5.88 Å². The molecule has 7 heteroatoms. The Morgan fingerprint density at radius 2 is 2.30 bits per heavy atom. The molecular weight excluding hydrogens is 262 g/mol. The normalized spacial score (nSPS) is 21.6. The Bertz CT molecular complexity index is 534. The minimum absolute atomic E-state index is 0.205. The van der Waals surface area contributed by atoms with E-state index in [-0.39, 0.29) is 12.6 Å². The van der Waals surface area contributed by atoms with Crippen LogP contribution in [0.5, 0.6) is 5.88 Å². The number of nitrogens with zero attached hydrogens (tertiary/aromatic N) is 2. The molecule has 0 saturated carbocycles. The molecule has 1 aromatic heterocycles. The molecule has 1 aromatic rings. The number of nitrogens with one attached hydrogen (secondary N) is 1. The van der Waals surface area contributed by atoms with Gasteiger partial charge in [0.15, 0.2) is 0 Å². The lowest BCUT2D eigenvalue weighted by Gasteiger charge is -2.20. The Balaban J connectivity index is 2.01. The van der Waals surface area contributed by atoms with Crippen molar-refractivity contribution < 1.29 is 19.4 Å². The summed E-state index contributed by atoms with van der Waals surface area (Å²) in [7, 11) is 1.49. The zero-order chi connectivity index (χ0) is 14.8. The number of hydrogen-bond donors (Lipinski definition) is 2. The molecule has 1 aliphatic heterocycles. The van der Waals surface area contributed by atoms with E-state index in [0.29, 0.717) is 24.5 Å². The van der Waals surface area contributed by atoms with Crippen LogP contribution in [0.15, 0.2) is 18.3 Å². The quantitative estimate of drug-likeness (QED) is 0.873. The maximum absolute atomic E-state index is 12.1. The third-order valence-corrected chi connectivity index (χ3v) is 3.47. The first-order chi connectivity index (χ1) is 9.44.